The van der Waals surface area contributed by atoms with E-state index in [-0.39, 0.29) is 0 Å². The van der Waals surface area contributed by atoms with Gasteiger partial charge in [-0.25, -0.2) is 0 Å². The molecule has 0 atom stereocenters. The van der Waals surface area contributed by atoms with Crippen molar-refractivity contribution < 1.29 is 0 Å². The third kappa shape index (κ3) is 3.07. The Hall–Kier alpha value is -1.05. The van der Waals surface area contributed by atoms with E-state index < -0.39 is 0 Å². The average Bonchev–Trinajstić information content (AvgIpc) is 1.91. The Morgan fingerprint density at radius 3 is 2.30 bits per heavy atom. The Labute approximate surface area is 62.1 Å². The molecule has 0 aliphatic carbocycles. The van der Waals surface area contributed by atoms with Crippen molar-refractivity contribution in [1.29, 1.82) is 0 Å². The Morgan fingerprint density at radius 1 is 1.40 bits per heavy atom. The molecule has 1 heterocycles. The van der Waals surface area contributed by atoms with Crippen LogP contribution in [0, 0.1) is 6.92 Å². The lowest BCUT2D eigenvalue weighted by Crippen LogP contribution is -1.85. The lowest BCUT2D eigenvalue weighted by atomic mass is 10.3. The van der Waals surface area contributed by atoms with Gasteiger partial charge in [0.25, 0.3) is 0 Å². The lowest BCUT2D eigenvalue weighted by molar-refractivity contribution is 1.20. The normalized spacial score (nSPS) is 7.90. The van der Waals surface area contributed by atoms with Crippen molar-refractivity contribution in [3.63, 3.8) is 0 Å². The molecular weight excluding hydrogens is 124 g/mol. The van der Waals surface area contributed by atoms with Crippen LogP contribution in [0.5, 0.6) is 0 Å². The van der Waals surface area contributed by atoms with Crippen LogP contribution in [0.1, 0.15) is 19.5 Å². The van der Waals surface area contributed by atoms with Crippen LogP contribution in [-0.4, -0.2) is 4.98 Å². The van der Waals surface area contributed by atoms with E-state index in [1.807, 2.05) is 26.8 Å². The molecule has 0 saturated carbocycles. The summed E-state index contributed by atoms with van der Waals surface area (Å²) in [5.74, 6) is 0. The molecule has 1 aromatic heterocycles. The summed E-state index contributed by atoms with van der Waals surface area (Å²) in [6.07, 6.45) is 1.70. The van der Waals surface area contributed by atoms with Gasteiger partial charge in [0.1, 0.15) is 0 Å². The summed E-state index contributed by atoms with van der Waals surface area (Å²) in [4.78, 5) is 3.96. The molecule has 2 heteroatoms. The number of anilines is 1. The lowest BCUT2D eigenvalue weighted by Gasteiger charge is -1.90. The Morgan fingerprint density at radius 2 is 2.00 bits per heavy atom. The molecule has 0 aromatic carbocycles. The van der Waals surface area contributed by atoms with Crippen molar-refractivity contribution >= 4 is 5.69 Å². The quantitative estimate of drug-likeness (QED) is 0.595. The third-order valence-corrected chi connectivity index (χ3v) is 0.921. The van der Waals surface area contributed by atoms with E-state index in [1.54, 1.807) is 12.3 Å². The predicted octanol–water partition coefficient (Wildman–Crippen LogP) is 2.00. The molecule has 0 aliphatic heterocycles. The topological polar surface area (TPSA) is 38.9 Å². The molecule has 0 fully saturated rings. The standard InChI is InChI=1S/C6H8N2.C2H6/c1-5-4-6(7)2-3-8-5;1-2/h2-4H,1H3,(H2,7,8);1-2H3. The molecule has 0 amide bonds. The fraction of sp³-hybridized carbons (Fsp3) is 0.375. The maximum atomic E-state index is 5.42. The number of aromatic nitrogens is 1. The monoisotopic (exact) mass is 138 g/mol. The van der Waals surface area contributed by atoms with Gasteiger partial charge in [-0.05, 0) is 19.1 Å². The van der Waals surface area contributed by atoms with Crippen molar-refractivity contribution in [2.45, 2.75) is 20.8 Å². The second-order valence-corrected chi connectivity index (χ2v) is 1.73. The number of aryl methyl sites for hydroxylation is 1. The van der Waals surface area contributed by atoms with Crippen LogP contribution in [0.15, 0.2) is 18.3 Å². The van der Waals surface area contributed by atoms with Gasteiger partial charge in [-0.15, -0.1) is 0 Å². The molecule has 0 radical (unpaired) electrons. The molecule has 0 saturated heterocycles. The van der Waals surface area contributed by atoms with Gasteiger partial charge in [-0.1, -0.05) is 13.8 Å². The van der Waals surface area contributed by atoms with Gasteiger partial charge in [0.15, 0.2) is 0 Å². The second kappa shape index (κ2) is 4.79. The zero-order valence-electron chi connectivity index (χ0n) is 6.76. The average molecular weight is 138 g/mol. The van der Waals surface area contributed by atoms with Crippen molar-refractivity contribution in [3.8, 4) is 0 Å². The first kappa shape index (κ1) is 8.95. The van der Waals surface area contributed by atoms with E-state index in [1.165, 1.54) is 0 Å². The highest BCUT2D eigenvalue weighted by Gasteiger charge is 1.82. The highest BCUT2D eigenvalue weighted by atomic mass is 14.7. The van der Waals surface area contributed by atoms with E-state index in [4.69, 9.17) is 5.73 Å². The van der Waals surface area contributed by atoms with Crippen LogP contribution in [-0.2, 0) is 0 Å². The number of nitrogens with two attached hydrogens (primary N) is 1. The minimum Gasteiger partial charge on any atom is -0.399 e. The number of hydrogen-bond acceptors (Lipinski definition) is 2. The first-order valence-electron chi connectivity index (χ1n) is 3.47. The summed E-state index contributed by atoms with van der Waals surface area (Å²) in [5.41, 5.74) is 7.16. The maximum absolute atomic E-state index is 5.42. The molecule has 1 aromatic rings. The largest absolute Gasteiger partial charge is 0.399 e. The number of nitrogens with zero attached hydrogens (tertiary/aromatic N) is 1. The predicted molar refractivity (Wildman–Crippen MR) is 44.7 cm³/mol. The van der Waals surface area contributed by atoms with Gasteiger partial charge in [0.05, 0.1) is 0 Å². The van der Waals surface area contributed by atoms with Crippen molar-refractivity contribution in [2.75, 3.05) is 5.73 Å². The highest BCUT2D eigenvalue weighted by molar-refractivity contribution is 5.36. The number of rotatable bonds is 0. The summed E-state index contributed by atoms with van der Waals surface area (Å²) >= 11 is 0. The van der Waals surface area contributed by atoms with Gasteiger partial charge in [0.2, 0.25) is 0 Å². The van der Waals surface area contributed by atoms with E-state index in [9.17, 15) is 0 Å². The Kier molecular flexibility index (Phi) is 4.29. The first-order valence-corrected chi connectivity index (χ1v) is 3.47. The summed E-state index contributed by atoms with van der Waals surface area (Å²) in [6, 6.07) is 3.60. The molecule has 0 bridgehead atoms. The zero-order chi connectivity index (χ0) is 7.98. The molecule has 0 aliphatic rings. The minimum atomic E-state index is 0.775. The third-order valence-electron chi connectivity index (χ3n) is 0.921. The SMILES string of the molecule is CC.Cc1cc(N)ccn1. The summed E-state index contributed by atoms with van der Waals surface area (Å²) in [6.45, 7) is 5.91. The number of hydrogen-bond donors (Lipinski definition) is 1. The van der Waals surface area contributed by atoms with E-state index in [2.05, 4.69) is 4.98 Å². The van der Waals surface area contributed by atoms with Gasteiger partial charge in [-0.3, -0.25) is 4.98 Å². The van der Waals surface area contributed by atoms with Gasteiger partial charge in [-0.2, -0.15) is 0 Å². The molecule has 2 N–H and O–H groups in total. The second-order valence-electron chi connectivity index (χ2n) is 1.73. The fourth-order valence-corrected chi connectivity index (χ4v) is 0.567. The van der Waals surface area contributed by atoms with Crippen LogP contribution in [0.25, 0.3) is 0 Å². The summed E-state index contributed by atoms with van der Waals surface area (Å²) in [7, 11) is 0. The van der Waals surface area contributed by atoms with Crippen LogP contribution in [0.3, 0.4) is 0 Å². The van der Waals surface area contributed by atoms with E-state index in [0.717, 1.165) is 11.4 Å². The van der Waals surface area contributed by atoms with Crippen LogP contribution < -0.4 is 5.73 Å². The van der Waals surface area contributed by atoms with Gasteiger partial charge in [0, 0.05) is 17.6 Å². The minimum absolute atomic E-state index is 0.775. The molecule has 0 unspecified atom stereocenters. The molecule has 2 nitrogen and oxygen atoms in total. The smallest absolute Gasteiger partial charge is 0.0393 e. The first-order chi connectivity index (χ1) is 4.79. The number of pyridine rings is 1. The molecule has 10 heavy (non-hydrogen) atoms. The van der Waals surface area contributed by atoms with Crippen molar-refractivity contribution in [3.05, 3.63) is 24.0 Å². The molecular formula is C8H14N2. The maximum Gasteiger partial charge on any atom is 0.0393 e. The van der Waals surface area contributed by atoms with E-state index in [0.29, 0.717) is 0 Å². The summed E-state index contributed by atoms with van der Waals surface area (Å²) in [5, 5.41) is 0. The highest BCUT2D eigenvalue weighted by Crippen LogP contribution is 1.99. The molecule has 56 valence electrons. The fourth-order valence-electron chi connectivity index (χ4n) is 0.567. The van der Waals surface area contributed by atoms with Gasteiger partial charge >= 0.3 is 0 Å². The Balaban J connectivity index is 0.000000371. The number of nitrogen functional groups attached to an aromatic ring is 1. The van der Waals surface area contributed by atoms with Gasteiger partial charge < -0.3 is 5.73 Å². The van der Waals surface area contributed by atoms with Crippen molar-refractivity contribution in [1.82, 2.24) is 4.98 Å². The van der Waals surface area contributed by atoms with Crippen LogP contribution in [0.4, 0.5) is 5.69 Å². The Bertz CT molecular complexity index is 167. The zero-order valence-corrected chi connectivity index (χ0v) is 6.76. The van der Waals surface area contributed by atoms with Crippen molar-refractivity contribution in [2.24, 2.45) is 0 Å². The summed E-state index contributed by atoms with van der Waals surface area (Å²) < 4.78 is 0. The molecule has 0 spiro atoms. The van der Waals surface area contributed by atoms with Crippen LogP contribution >= 0.6 is 0 Å². The van der Waals surface area contributed by atoms with E-state index >= 15 is 0 Å². The van der Waals surface area contributed by atoms with Crippen LogP contribution in [0.2, 0.25) is 0 Å². The molecule has 1 rings (SSSR count).